The Hall–Kier alpha value is -1.31. The number of nitrogens with one attached hydrogen (secondary N) is 1. The molecular formula is C13H19NO. The molecule has 0 unspecified atom stereocenters. The number of hydrogen-bond donors (Lipinski definition) is 1. The van der Waals surface area contributed by atoms with Crippen LogP contribution in [0.1, 0.15) is 25.8 Å². The van der Waals surface area contributed by atoms with E-state index in [0.29, 0.717) is 0 Å². The molecule has 0 radical (unpaired) electrons. The van der Waals surface area contributed by atoms with Gasteiger partial charge in [0.1, 0.15) is 0 Å². The van der Waals surface area contributed by atoms with Crippen molar-refractivity contribution in [2.24, 2.45) is 5.92 Å². The minimum Gasteiger partial charge on any atom is -0.356 e. The fourth-order valence-corrected chi connectivity index (χ4v) is 1.48. The van der Waals surface area contributed by atoms with Gasteiger partial charge in [-0.15, -0.1) is 0 Å². The lowest BCUT2D eigenvalue weighted by atomic mass is 10.0. The monoisotopic (exact) mass is 205 g/mol. The van der Waals surface area contributed by atoms with Crippen molar-refractivity contribution in [2.75, 3.05) is 6.54 Å². The molecule has 0 aromatic heterocycles. The van der Waals surface area contributed by atoms with Gasteiger partial charge in [0.25, 0.3) is 0 Å². The standard InChI is InChI=1S/C13H19NO/c1-3-9-14-13(15)11(2)10-12-7-5-4-6-8-12/h4-8,11H,3,9-10H2,1-2H3,(H,14,15)/t11-/m1/s1. The molecule has 0 bridgehead atoms. The first-order valence-corrected chi connectivity index (χ1v) is 5.55. The minimum absolute atomic E-state index is 0.0546. The van der Waals surface area contributed by atoms with E-state index >= 15 is 0 Å². The molecule has 1 rings (SSSR count). The van der Waals surface area contributed by atoms with Crippen LogP contribution >= 0.6 is 0 Å². The summed E-state index contributed by atoms with van der Waals surface area (Å²) < 4.78 is 0. The van der Waals surface area contributed by atoms with Crippen molar-refractivity contribution in [1.29, 1.82) is 0 Å². The Morgan fingerprint density at radius 2 is 2.00 bits per heavy atom. The molecule has 1 aromatic carbocycles. The zero-order valence-corrected chi connectivity index (χ0v) is 9.49. The molecule has 15 heavy (non-hydrogen) atoms. The van der Waals surface area contributed by atoms with Gasteiger partial charge < -0.3 is 5.32 Å². The average molecular weight is 205 g/mol. The van der Waals surface area contributed by atoms with Gasteiger partial charge in [0.15, 0.2) is 0 Å². The third-order valence-electron chi connectivity index (χ3n) is 2.38. The van der Waals surface area contributed by atoms with Gasteiger partial charge in [-0.25, -0.2) is 0 Å². The van der Waals surface area contributed by atoms with Crippen molar-refractivity contribution in [1.82, 2.24) is 5.32 Å². The Morgan fingerprint density at radius 1 is 1.33 bits per heavy atom. The SMILES string of the molecule is CCCNC(=O)[C@H](C)Cc1ccccc1. The summed E-state index contributed by atoms with van der Waals surface area (Å²) in [6, 6.07) is 10.1. The topological polar surface area (TPSA) is 29.1 Å². The molecule has 0 spiro atoms. The van der Waals surface area contributed by atoms with E-state index in [9.17, 15) is 4.79 Å². The predicted molar refractivity (Wildman–Crippen MR) is 62.6 cm³/mol. The smallest absolute Gasteiger partial charge is 0.223 e. The van der Waals surface area contributed by atoms with Crippen LogP contribution in [0.15, 0.2) is 30.3 Å². The van der Waals surface area contributed by atoms with Crippen LogP contribution in [-0.4, -0.2) is 12.5 Å². The maximum Gasteiger partial charge on any atom is 0.223 e. The summed E-state index contributed by atoms with van der Waals surface area (Å²) in [4.78, 5) is 11.6. The molecule has 82 valence electrons. The second kappa shape index (κ2) is 6.23. The highest BCUT2D eigenvalue weighted by Gasteiger charge is 2.11. The molecule has 2 nitrogen and oxygen atoms in total. The largest absolute Gasteiger partial charge is 0.356 e. The van der Waals surface area contributed by atoms with Crippen LogP contribution in [0, 0.1) is 5.92 Å². The zero-order valence-electron chi connectivity index (χ0n) is 9.49. The van der Waals surface area contributed by atoms with Crippen molar-refractivity contribution < 1.29 is 4.79 Å². The molecular weight excluding hydrogens is 186 g/mol. The zero-order chi connectivity index (χ0) is 11.1. The Kier molecular flexibility index (Phi) is 4.88. The van der Waals surface area contributed by atoms with Gasteiger partial charge in [-0.05, 0) is 18.4 Å². The normalized spacial score (nSPS) is 12.1. The summed E-state index contributed by atoms with van der Waals surface area (Å²) in [6.45, 7) is 4.80. The summed E-state index contributed by atoms with van der Waals surface area (Å²) in [5.74, 6) is 0.208. The fourth-order valence-electron chi connectivity index (χ4n) is 1.48. The molecule has 0 fully saturated rings. The van der Waals surface area contributed by atoms with Crippen LogP contribution in [0.3, 0.4) is 0 Å². The van der Waals surface area contributed by atoms with Crippen LogP contribution in [-0.2, 0) is 11.2 Å². The first-order chi connectivity index (χ1) is 7.24. The molecule has 2 heteroatoms. The van der Waals surface area contributed by atoms with E-state index in [2.05, 4.69) is 24.4 Å². The maximum absolute atomic E-state index is 11.6. The molecule has 1 amide bonds. The lowest BCUT2D eigenvalue weighted by molar-refractivity contribution is -0.124. The van der Waals surface area contributed by atoms with Crippen LogP contribution < -0.4 is 5.32 Å². The van der Waals surface area contributed by atoms with Gasteiger partial charge in [0.05, 0.1) is 0 Å². The Morgan fingerprint density at radius 3 is 2.60 bits per heavy atom. The molecule has 0 saturated carbocycles. The second-order valence-corrected chi connectivity index (χ2v) is 3.88. The Bertz CT molecular complexity index is 295. The third-order valence-corrected chi connectivity index (χ3v) is 2.38. The van der Waals surface area contributed by atoms with Crippen molar-refractivity contribution in [3.63, 3.8) is 0 Å². The van der Waals surface area contributed by atoms with Gasteiger partial charge in [0.2, 0.25) is 5.91 Å². The van der Waals surface area contributed by atoms with Gasteiger partial charge in [-0.3, -0.25) is 4.79 Å². The number of amides is 1. The molecule has 1 N–H and O–H groups in total. The van der Waals surface area contributed by atoms with Crippen molar-refractivity contribution >= 4 is 5.91 Å². The highest BCUT2D eigenvalue weighted by molar-refractivity contribution is 5.78. The number of carbonyl (C=O) groups is 1. The lowest BCUT2D eigenvalue weighted by Gasteiger charge is -2.11. The van der Waals surface area contributed by atoms with E-state index in [1.165, 1.54) is 5.56 Å². The predicted octanol–water partition coefficient (Wildman–Crippen LogP) is 2.39. The molecule has 0 aliphatic carbocycles. The van der Waals surface area contributed by atoms with Crippen LogP contribution in [0.5, 0.6) is 0 Å². The van der Waals surface area contributed by atoms with E-state index in [0.717, 1.165) is 19.4 Å². The second-order valence-electron chi connectivity index (χ2n) is 3.88. The fraction of sp³-hybridized carbons (Fsp3) is 0.462. The van der Waals surface area contributed by atoms with Gasteiger partial charge >= 0.3 is 0 Å². The molecule has 0 heterocycles. The summed E-state index contributed by atoms with van der Waals surface area (Å²) in [6.07, 6.45) is 1.81. The number of benzene rings is 1. The van der Waals surface area contributed by atoms with Crippen LogP contribution in [0.2, 0.25) is 0 Å². The first-order valence-electron chi connectivity index (χ1n) is 5.55. The van der Waals surface area contributed by atoms with Gasteiger partial charge in [-0.1, -0.05) is 44.2 Å². The lowest BCUT2D eigenvalue weighted by Crippen LogP contribution is -2.30. The maximum atomic E-state index is 11.6. The highest BCUT2D eigenvalue weighted by atomic mass is 16.1. The first kappa shape index (κ1) is 11.8. The summed E-state index contributed by atoms with van der Waals surface area (Å²) >= 11 is 0. The third kappa shape index (κ3) is 4.15. The van der Waals surface area contributed by atoms with Crippen molar-refractivity contribution in [2.45, 2.75) is 26.7 Å². The molecule has 1 aromatic rings. The van der Waals surface area contributed by atoms with Gasteiger partial charge in [0, 0.05) is 12.5 Å². The Balaban J connectivity index is 2.41. The van der Waals surface area contributed by atoms with Crippen molar-refractivity contribution in [3.05, 3.63) is 35.9 Å². The number of hydrogen-bond acceptors (Lipinski definition) is 1. The summed E-state index contributed by atoms with van der Waals surface area (Å²) in [5.41, 5.74) is 1.22. The van der Waals surface area contributed by atoms with Gasteiger partial charge in [-0.2, -0.15) is 0 Å². The molecule has 1 atom stereocenters. The van der Waals surface area contributed by atoms with E-state index in [1.54, 1.807) is 0 Å². The number of rotatable bonds is 5. The quantitative estimate of drug-likeness (QED) is 0.785. The van der Waals surface area contributed by atoms with E-state index in [1.807, 2.05) is 25.1 Å². The summed E-state index contributed by atoms with van der Waals surface area (Å²) in [7, 11) is 0. The Labute approximate surface area is 91.7 Å². The average Bonchev–Trinajstić information content (AvgIpc) is 2.27. The highest BCUT2D eigenvalue weighted by Crippen LogP contribution is 2.07. The number of carbonyl (C=O) groups excluding carboxylic acids is 1. The minimum atomic E-state index is 0.0546. The summed E-state index contributed by atoms with van der Waals surface area (Å²) in [5, 5.41) is 2.91. The van der Waals surface area contributed by atoms with Crippen molar-refractivity contribution in [3.8, 4) is 0 Å². The van der Waals surface area contributed by atoms with E-state index < -0.39 is 0 Å². The van der Waals surface area contributed by atoms with Crippen LogP contribution in [0.4, 0.5) is 0 Å². The van der Waals surface area contributed by atoms with Crippen LogP contribution in [0.25, 0.3) is 0 Å². The molecule has 0 aliphatic rings. The molecule has 0 saturated heterocycles. The van der Waals surface area contributed by atoms with E-state index in [4.69, 9.17) is 0 Å². The molecule has 0 aliphatic heterocycles. The van der Waals surface area contributed by atoms with E-state index in [-0.39, 0.29) is 11.8 Å².